The number of para-hydroxylation sites is 1. The van der Waals surface area contributed by atoms with Crippen LogP contribution in [0, 0.1) is 0 Å². The van der Waals surface area contributed by atoms with Crippen LogP contribution in [0.2, 0.25) is 0 Å². The number of carbonyl (C=O) groups is 1. The van der Waals surface area contributed by atoms with Gasteiger partial charge in [-0.05, 0) is 32.0 Å². The molecule has 106 valence electrons. The van der Waals surface area contributed by atoms with E-state index in [1.807, 2.05) is 24.3 Å². The van der Waals surface area contributed by atoms with Crippen molar-refractivity contribution in [3.05, 3.63) is 29.8 Å². The molecule has 0 aromatic heterocycles. The number of aliphatic carboxylic acids is 1. The maximum absolute atomic E-state index is 10.5. The third-order valence-electron chi connectivity index (χ3n) is 3.17. The maximum atomic E-state index is 10.5. The van der Waals surface area contributed by atoms with Gasteiger partial charge in [-0.2, -0.15) is 0 Å². The largest absolute Gasteiger partial charge is 0.482 e. The number of hydrogen-bond donors (Lipinski definition) is 1. The Balaban J connectivity index is 0.00000180. The number of halogens is 1. The lowest BCUT2D eigenvalue weighted by molar-refractivity contribution is -0.139. The van der Waals surface area contributed by atoms with Crippen LogP contribution in [0.1, 0.15) is 24.8 Å². The minimum Gasteiger partial charge on any atom is -0.482 e. The number of benzene rings is 1. The molecule has 1 aliphatic heterocycles. The lowest BCUT2D eigenvalue weighted by Crippen LogP contribution is -2.29. The van der Waals surface area contributed by atoms with Gasteiger partial charge < -0.3 is 9.84 Å². The third kappa shape index (κ3) is 5.09. The number of piperidine rings is 1. The fourth-order valence-corrected chi connectivity index (χ4v) is 2.27. The van der Waals surface area contributed by atoms with Gasteiger partial charge in [0, 0.05) is 12.1 Å². The molecule has 1 heterocycles. The van der Waals surface area contributed by atoms with E-state index in [4.69, 9.17) is 9.84 Å². The molecule has 1 aromatic carbocycles. The summed E-state index contributed by atoms with van der Waals surface area (Å²) in [4.78, 5) is 12.9. The molecule has 4 nitrogen and oxygen atoms in total. The quantitative estimate of drug-likeness (QED) is 0.903. The van der Waals surface area contributed by atoms with Crippen molar-refractivity contribution < 1.29 is 14.6 Å². The van der Waals surface area contributed by atoms with Gasteiger partial charge in [-0.25, -0.2) is 4.79 Å². The van der Waals surface area contributed by atoms with E-state index in [-0.39, 0.29) is 19.0 Å². The summed E-state index contributed by atoms with van der Waals surface area (Å²) in [6, 6.07) is 7.68. The molecule has 0 bridgehead atoms. The molecule has 5 heteroatoms. The Labute approximate surface area is 119 Å². The van der Waals surface area contributed by atoms with Crippen LogP contribution >= 0.6 is 12.4 Å². The van der Waals surface area contributed by atoms with E-state index in [9.17, 15) is 4.79 Å². The van der Waals surface area contributed by atoms with Crippen molar-refractivity contribution in [2.75, 3.05) is 19.7 Å². The second-order valence-electron chi connectivity index (χ2n) is 4.63. The molecule has 0 atom stereocenters. The van der Waals surface area contributed by atoms with Crippen molar-refractivity contribution in [1.82, 2.24) is 4.90 Å². The number of likely N-dealkylation sites (tertiary alicyclic amines) is 1. The molecule has 0 unspecified atom stereocenters. The van der Waals surface area contributed by atoms with Gasteiger partial charge >= 0.3 is 5.97 Å². The fraction of sp³-hybridized carbons (Fsp3) is 0.500. The molecule has 19 heavy (non-hydrogen) atoms. The number of hydrogen-bond acceptors (Lipinski definition) is 3. The molecule has 0 amide bonds. The van der Waals surface area contributed by atoms with Gasteiger partial charge in [-0.15, -0.1) is 12.4 Å². The summed E-state index contributed by atoms with van der Waals surface area (Å²) in [5.41, 5.74) is 1.07. The van der Waals surface area contributed by atoms with Gasteiger partial charge in [0.1, 0.15) is 5.75 Å². The van der Waals surface area contributed by atoms with Crippen LogP contribution in [-0.2, 0) is 11.3 Å². The number of nitrogens with zero attached hydrogens (tertiary/aromatic N) is 1. The predicted octanol–water partition coefficient (Wildman–Crippen LogP) is 2.56. The van der Waals surface area contributed by atoms with E-state index in [2.05, 4.69) is 4.90 Å². The second kappa shape index (κ2) is 8.02. The van der Waals surface area contributed by atoms with E-state index in [1.165, 1.54) is 19.3 Å². The molecule has 1 aliphatic rings. The van der Waals surface area contributed by atoms with Crippen molar-refractivity contribution in [3.8, 4) is 5.75 Å². The summed E-state index contributed by atoms with van der Waals surface area (Å²) in [6.45, 7) is 2.80. The minimum absolute atomic E-state index is 0. The van der Waals surface area contributed by atoms with Crippen molar-refractivity contribution in [2.24, 2.45) is 0 Å². The second-order valence-corrected chi connectivity index (χ2v) is 4.63. The first-order chi connectivity index (χ1) is 8.75. The van der Waals surface area contributed by atoms with Gasteiger partial charge in [0.15, 0.2) is 6.61 Å². The minimum atomic E-state index is -0.942. The SMILES string of the molecule is Cl.O=C(O)COc1ccccc1CN1CCCCC1. The van der Waals surface area contributed by atoms with Gasteiger partial charge in [0.05, 0.1) is 0 Å². The summed E-state index contributed by atoms with van der Waals surface area (Å²) < 4.78 is 5.31. The average molecular weight is 286 g/mol. The Hall–Kier alpha value is -1.26. The number of rotatable bonds is 5. The van der Waals surface area contributed by atoms with Gasteiger partial charge in [0.2, 0.25) is 0 Å². The standard InChI is InChI=1S/C14H19NO3.ClH/c16-14(17)11-18-13-7-3-2-6-12(13)10-15-8-4-1-5-9-15;/h2-3,6-7H,1,4-5,8-11H2,(H,16,17);1H. The van der Waals surface area contributed by atoms with Crippen LogP contribution in [-0.4, -0.2) is 35.7 Å². The van der Waals surface area contributed by atoms with Crippen LogP contribution in [0.25, 0.3) is 0 Å². The van der Waals surface area contributed by atoms with Gasteiger partial charge in [-0.1, -0.05) is 24.6 Å². The number of ether oxygens (including phenoxy) is 1. The molecular formula is C14H20ClNO3. The van der Waals surface area contributed by atoms with Crippen molar-refractivity contribution in [1.29, 1.82) is 0 Å². The molecular weight excluding hydrogens is 266 g/mol. The molecule has 2 rings (SSSR count). The normalized spacial score (nSPS) is 15.6. The smallest absolute Gasteiger partial charge is 0.341 e. The predicted molar refractivity (Wildman–Crippen MR) is 75.9 cm³/mol. The van der Waals surface area contributed by atoms with E-state index in [1.54, 1.807) is 0 Å². The molecule has 0 saturated carbocycles. The number of carboxylic acid groups (broad SMARTS) is 1. The molecule has 1 fully saturated rings. The Kier molecular flexibility index (Phi) is 6.67. The van der Waals surface area contributed by atoms with Gasteiger partial charge in [-0.3, -0.25) is 4.90 Å². The highest BCUT2D eigenvalue weighted by atomic mass is 35.5. The molecule has 0 aliphatic carbocycles. The first-order valence-electron chi connectivity index (χ1n) is 6.40. The van der Waals surface area contributed by atoms with Crippen LogP contribution in [0.15, 0.2) is 24.3 Å². The topological polar surface area (TPSA) is 49.8 Å². The highest BCUT2D eigenvalue weighted by molar-refractivity contribution is 5.85. The van der Waals surface area contributed by atoms with Crippen molar-refractivity contribution >= 4 is 18.4 Å². The molecule has 1 aromatic rings. The van der Waals surface area contributed by atoms with Gasteiger partial charge in [0.25, 0.3) is 0 Å². The lowest BCUT2D eigenvalue weighted by Gasteiger charge is -2.27. The zero-order chi connectivity index (χ0) is 12.8. The summed E-state index contributed by atoms with van der Waals surface area (Å²) in [6.07, 6.45) is 3.81. The highest BCUT2D eigenvalue weighted by Crippen LogP contribution is 2.21. The Morgan fingerprint density at radius 1 is 1.21 bits per heavy atom. The fourth-order valence-electron chi connectivity index (χ4n) is 2.27. The van der Waals surface area contributed by atoms with Crippen molar-refractivity contribution in [2.45, 2.75) is 25.8 Å². The molecule has 1 saturated heterocycles. The first kappa shape index (κ1) is 15.8. The summed E-state index contributed by atoms with van der Waals surface area (Å²) in [5, 5.41) is 8.65. The first-order valence-corrected chi connectivity index (χ1v) is 6.40. The average Bonchev–Trinajstić information content (AvgIpc) is 2.39. The van der Waals surface area contributed by atoms with Crippen molar-refractivity contribution in [3.63, 3.8) is 0 Å². The summed E-state index contributed by atoms with van der Waals surface area (Å²) >= 11 is 0. The van der Waals surface area contributed by atoms with Crippen LogP contribution in [0.5, 0.6) is 5.75 Å². The molecule has 0 radical (unpaired) electrons. The summed E-state index contributed by atoms with van der Waals surface area (Å²) in [5.74, 6) is -0.256. The molecule has 1 N–H and O–H groups in total. The van der Waals surface area contributed by atoms with E-state index < -0.39 is 5.97 Å². The zero-order valence-corrected chi connectivity index (χ0v) is 11.7. The Bertz CT molecular complexity index is 405. The van der Waals surface area contributed by atoms with E-state index in [0.29, 0.717) is 5.75 Å². The highest BCUT2D eigenvalue weighted by Gasteiger charge is 2.13. The van der Waals surface area contributed by atoms with E-state index >= 15 is 0 Å². The van der Waals surface area contributed by atoms with Crippen LogP contribution in [0.3, 0.4) is 0 Å². The third-order valence-corrected chi connectivity index (χ3v) is 3.17. The lowest BCUT2D eigenvalue weighted by atomic mass is 10.1. The molecule has 0 spiro atoms. The van der Waals surface area contributed by atoms with Crippen LogP contribution < -0.4 is 4.74 Å². The summed E-state index contributed by atoms with van der Waals surface area (Å²) in [7, 11) is 0. The van der Waals surface area contributed by atoms with Crippen LogP contribution in [0.4, 0.5) is 0 Å². The van der Waals surface area contributed by atoms with E-state index in [0.717, 1.165) is 25.2 Å². The Morgan fingerprint density at radius 3 is 2.58 bits per heavy atom. The Morgan fingerprint density at radius 2 is 1.89 bits per heavy atom. The zero-order valence-electron chi connectivity index (χ0n) is 10.9. The maximum Gasteiger partial charge on any atom is 0.341 e. The number of carboxylic acids is 1. The monoisotopic (exact) mass is 285 g/mol.